The van der Waals surface area contributed by atoms with E-state index >= 15 is 0 Å². The lowest BCUT2D eigenvalue weighted by atomic mass is 9.97. The van der Waals surface area contributed by atoms with Crippen LogP contribution in [0, 0.1) is 0 Å². The van der Waals surface area contributed by atoms with Crippen LogP contribution < -0.4 is 43.6 Å². The predicted molar refractivity (Wildman–Crippen MR) is 242 cm³/mol. The molecule has 0 spiro atoms. The van der Waals surface area contributed by atoms with Crippen LogP contribution >= 0.6 is 0 Å². The van der Waals surface area contributed by atoms with Gasteiger partial charge in [0.15, 0.2) is 23.7 Å². The van der Waals surface area contributed by atoms with Crippen LogP contribution in [0.15, 0.2) is 35.3 Å². The average molecular weight is 974 g/mol. The third-order valence-corrected chi connectivity index (χ3v) is 11.4. The smallest absolute Gasteiger partial charge is 0.326 e. The SMILES string of the molecule is NCCCCCC(=O)NCC1OC(O)C(O)C(O)C1OC1OC(CNC(=O)CCCCCNC(=O)CCC(NC(=O)c2ccc(NCc3cnc4nc(N)[nH]c(=O)c4n3)cc2)C(=O)O)CC(O)C1O. The van der Waals surface area contributed by atoms with Gasteiger partial charge >= 0.3 is 5.97 Å². The van der Waals surface area contributed by atoms with Crippen LogP contribution in [0.2, 0.25) is 0 Å². The highest BCUT2D eigenvalue weighted by Gasteiger charge is 2.48. The first-order valence-electron chi connectivity index (χ1n) is 22.8. The molecule has 0 saturated carbocycles. The molecular formula is C43H63N11O15. The Hall–Kier alpha value is -5.97. The Morgan fingerprint density at radius 1 is 0.826 bits per heavy atom. The molecule has 2 aliphatic heterocycles. The van der Waals surface area contributed by atoms with Crippen molar-refractivity contribution in [2.24, 2.45) is 5.73 Å². The zero-order valence-corrected chi connectivity index (χ0v) is 37.8. The number of aliphatic hydroxyl groups excluding tert-OH is 5. The first-order chi connectivity index (χ1) is 33.0. The van der Waals surface area contributed by atoms with Crippen LogP contribution in [-0.2, 0) is 39.9 Å². The molecule has 0 bridgehead atoms. The summed E-state index contributed by atoms with van der Waals surface area (Å²) in [7, 11) is 0. The van der Waals surface area contributed by atoms with Gasteiger partial charge in [-0.3, -0.25) is 29.0 Å². The van der Waals surface area contributed by atoms with E-state index in [1.165, 1.54) is 18.3 Å². The number of aromatic nitrogens is 4. The van der Waals surface area contributed by atoms with Gasteiger partial charge in [0.1, 0.15) is 36.6 Å². The number of aromatic amines is 1. The third-order valence-electron chi connectivity index (χ3n) is 11.4. The fraction of sp³-hybridized carbons (Fsp3) is 0.605. The number of carbonyl (C=O) groups is 5. The van der Waals surface area contributed by atoms with Crippen molar-refractivity contribution in [1.29, 1.82) is 0 Å². The molecular weight excluding hydrogens is 911 g/mol. The van der Waals surface area contributed by atoms with E-state index in [4.69, 9.17) is 25.7 Å². The molecule has 2 saturated heterocycles. The molecule has 10 unspecified atom stereocenters. The second kappa shape index (κ2) is 26.7. The van der Waals surface area contributed by atoms with E-state index in [2.05, 4.69) is 46.5 Å². The molecule has 2 aliphatic rings. The van der Waals surface area contributed by atoms with Gasteiger partial charge in [-0.05, 0) is 62.9 Å². The van der Waals surface area contributed by atoms with Gasteiger partial charge in [-0.1, -0.05) is 12.8 Å². The number of carboxylic acids is 1. The number of nitrogen functional groups attached to an aromatic ring is 1. The molecule has 4 heterocycles. The molecule has 3 aromatic rings. The standard InChI is InChI=1S/C43H63N11O15/c44-15-5-1-3-7-30(57)49-21-28-36(34(60)35(61)41(66)68-28)69-42-33(59)27(55)17-25(67-42)20-48-29(56)8-4-2-6-16-46-31(58)14-13-26(40(64)65)52-38(62)22-9-11-23(12-10-22)47-18-24-19-50-37-32(51-24)39(63)54-43(45)53-37/h9-12,19,25-28,33-36,41-42,47,55,59-61,66H,1-8,13-18,20-21,44H2,(H,46,58)(H,48,56)(H,49,57)(H,52,62)(H,64,65)(H3,45,50,53,54,63). The molecule has 0 radical (unpaired) electrons. The van der Waals surface area contributed by atoms with E-state index in [0.717, 1.165) is 12.8 Å². The summed E-state index contributed by atoms with van der Waals surface area (Å²) in [6, 6.07) is 4.84. The van der Waals surface area contributed by atoms with Gasteiger partial charge in [-0.15, -0.1) is 0 Å². The number of carbonyl (C=O) groups excluding carboxylic acids is 4. The number of rotatable bonds is 26. The molecule has 5 rings (SSSR count). The van der Waals surface area contributed by atoms with Gasteiger partial charge in [0.2, 0.25) is 23.7 Å². The molecule has 26 heteroatoms. The maximum atomic E-state index is 12.9. The van der Waals surface area contributed by atoms with E-state index in [1.54, 1.807) is 12.1 Å². The quantitative estimate of drug-likeness (QED) is 0.0356. The summed E-state index contributed by atoms with van der Waals surface area (Å²) in [5.41, 5.74) is 11.9. The monoisotopic (exact) mass is 973 g/mol. The number of nitrogens with one attached hydrogen (secondary N) is 6. The number of H-pyrrole nitrogens is 1. The van der Waals surface area contributed by atoms with Gasteiger partial charge < -0.3 is 82.9 Å². The molecule has 380 valence electrons. The second-order valence-electron chi connectivity index (χ2n) is 16.8. The van der Waals surface area contributed by atoms with E-state index in [-0.39, 0.29) is 92.8 Å². The van der Waals surface area contributed by atoms with Crippen molar-refractivity contribution < 1.29 is 68.8 Å². The summed E-state index contributed by atoms with van der Waals surface area (Å²) in [6.45, 7) is 0.666. The van der Waals surface area contributed by atoms with Crippen molar-refractivity contribution in [2.75, 3.05) is 37.2 Å². The summed E-state index contributed by atoms with van der Waals surface area (Å²) in [4.78, 5) is 89.1. The zero-order chi connectivity index (χ0) is 50.0. The van der Waals surface area contributed by atoms with Crippen molar-refractivity contribution in [1.82, 2.24) is 41.2 Å². The number of hydrogen-bond acceptors (Lipinski definition) is 20. The van der Waals surface area contributed by atoms with Crippen molar-refractivity contribution >= 4 is 52.4 Å². The molecule has 26 nitrogen and oxygen atoms in total. The highest BCUT2D eigenvalue weighted by Crippen LogP contribution is 2.28. The van der Waals surface area contributed by atoms with Gasteiger partial charge in [-0.2, -0.15) is 4.98 Å². The molecule has 4 amide bonds. The summed E-state index contributed by atoms with van der Waals surface area (Å²) in [5, 5.41) is 75.7. The number of anilines is 2. The Kier molecular flexibility index (Phi) is 20.9. The minimum absolute atomic E-state index is 0.0289. The number of unbranched alkanes of at least 4 members (excludes halogenated alkanes) is 4. The molecule has 2 fully saturated rings. The zero-order valence-electron chi connectivity index (χ0n) is 37.8. The Bertz CT molecular complexity index is 2240. The van der Waals surface area contributed by atoms with Crippen LogP contribution in [0.1, 0.15) is 86.7 Å². The normalized spacial score (nSPS) is 23.9. The van der Waals surface area contributed by atoms with Crippen LogP contribution in [0.5, 0.6) is 0 Å². The van der Waals surface area contributed by atoms with Gasteiger partial charge in [0, 0.05) is 56.6 Å². The number of carboxylic acid groups (broad SMARTS) is 1. The summed E-state index contributed by atoms with van der Waals surface area (Å²) in [5.74, 6) is -3.12. The summed E-state index contributed by atoms with van der Waals surface area (Å²) >= 11 is 0. The molecule has 16 N–H and O–H groups in total. The van der Waals surface area contributed by atoms with Crippen LogP contribution in [-0.4, -0.2) is 168 Å². The fourth-order valence-electron chi connectivity index (χ4n) is 7.46. The Morgan fingerprint density at radius 2 is 1.51 bits per heavy atom. The molecule has 69 heavy (non-hydrogen) atoms. The number of aliphatic hydroxyl groups is 5. The number of nitrogens with zero attached hydrogens (tertiary/aromatic N) is 3. The number of ether oxygens (including phenoxy) is 3. The minimum atomic E-state index is -1.80. The van der Waals surface area contributed by atoms with Crippen LogP contribution in [0.3, 0.4) is 0 Å². The molecule has 2 aromatic heterocycles. The number of benzene rings is 1. The van der Waals surface area contributed by atoms with Crippen LogP contribution in [0.25, 0.3) is 11.2 Å². The number of hydrogen-bond donors (Lipinski definition) is 14. The maximum absolute atomic E-state index is 12.9. The number of aliphatic carboxylic acids is 1. The van der Waals surface area contributed by atoms with E-state index < -0.39 is 84.7 Å². The number of fused-ring (bicyclic) bond motifs is 1. The maximum Gasteiger partial charge on any atom is 0.326 e. The first kappa shape index (κ1) is 54.0. The third kappa shape index (κ3) is 16.6. The van der Waals surface area contributed by atoms with Crippen molar-refractivity contribution in [3.63, 3.8) is 0 Å². The largest absolute Gasteiger partial charge is 0.480 e. The second-order valence-corrected chi connectivity index (χ2v) is 16.8. The Morgan fingerprint density at radius 3 is 2.20 bits per heavy atom. The van der Waals surface area contributed by atoms with Gasteiger partial charge in [0.25, 0.3) is 11.5 Å². The molecule has 10 atom stereocenters. The average Bonchev–Trinajstić information content (AvgIpc) is 3.32. The summed E-state index contributed by atoms with van der Waals surface area (Å²) < 4.78 is 17.0. The van der Waals surface area contributed by atoms with Crippen molar-refractivity contribution in [2.45, 2.75) is 139 Å². The minimum Gasteiger partial charge on any atom is -0.480 e. The lowest BCUT2D eigenvalue weighted by Gasteiger charge is -2.44. The van der Waals surface area contributed by atoms with E-state index in [0.29, 0.717) is 43.6 Å². The predicted octanol–water partition coefficient (Wildman–Crippen LogP) is -3.04. The highest BCUT2D eigenvalue weighted by molar-refractivity contribution is 5.97. The van der Waals surface area contributed by atoms with E-state index in [9.17, 15) is 59.4 Å². The molecule has 1 aromatic carbocycles. The van der Waals surface area contributed by atoms with Crippen molar-refractivity contribution in [3.05, 3.63) is 52.1 Å². The first-order valence-corrected chi connectivity index (χ1v) is 22.8. The Balaban J connectivity index is 0.956. The van der Waals surface area contributed by atoms with Gasteiger partial charge in [0.05, 0.1) is 30.6 Å². The lowest BCUT2D eigenvalue weighted by molar-refractivity contribution is -0.339. The van der Waals surface area contributed by atoms with Crippen molar-refractivity contribution in [3.8, 4) is 0 Å². The van der Waals surface area contributed by atoms with Crippen LogP contribution in [0.4, 0.5) is 11.6 Å². The Labute approximate surface area is 395 Å². The topological polar surface area (TPSA) is 418 Å². The summed E-state index contributed by atoms with van der Waals surface area (Å²) in [6.07, 6.45) is -8.23. The number of amides is 4. The van der Waals surface area contributed by atoms with Gasteiger partial charge in [-0.25, -0.2) is 14.8 Å². The number of nitrogens with two attached hydrogens (primary N) is 2. The highest BCUT2D eigenvalue weighted by atomic mass is 16.7. The fourth-order valence-corrected chi connectivity index (χ4v) is 7.46. The van der Waals surface area contributed by atoms with E-state index in [1.807, 2.05) is 0 Å². The lowest BCUT2D eigenvalue weighted by Crippen LogP contribution is -2.63. The molecule has 0 aliphatic carbocycles.